The largest absolute Gasteiger partial charge is 0.369 e. The highest BCUT2D eigenvalue weighted by atomic mass is 35.5. The van der Waals surface area contributed by atoms with E-state index >= 15 is 0 Å². The maximum absolute atomic E-state index is 6.41. The quantitative estimate of drug-likeness (QED) is 0.290. The molecule has 4 aromatic rings. The third-order valence-corrected chi connectivity index (χ3v) is 5.64. The Bertz CT molecular complexity index is 1300. The van der Waals surface area contributed by atoms with Crippen molar-refractivity contribution in [1.82, 2.24) is 0 Å². The van der Waals surface area contributed by atoms with Crippen molar-refractivity contribution in [3.8, 4) is 0 Å². The Kier molecular flexibility index (Phi) is 3.85. The SMILES string of the molecule is CN(C(N)=Nc1ccc(Cl)c2ccccc12)c1ccc2cccc3c2c1C=C3. The van der Waals surface area contributed by atoms with Crippen LogP contribution in [0, 0.1) is 0 Å². The van der Waals surface area contributed by atoms with Crippen molar-refractivity contribution in [2.45, 2.75) is 0 Å². The fourth-order valence-corrected chi connectivity index (χ4v) is 4.09. The molecule has 0 bridgehead atoms. The Labute approximate surface area is 168 Å². The summed E-state index contributed by atoms with van der Waals surface area (Å²) in [5, 5.41) is 5.15. The Morgan fingerprint density at radius 2 is 1.71 bits per heavy atom. The van der Waals surface area contributed by atoms with Gasteiger partial charge in [-0.25, -0.2) is 4.99 Å². The molecule has 3 nitrogen and oxygen atoms in total. The summed E-state index contributed by atoms with van der Waals surface area (Å²) < 4.78 is 0. The smallest absolute Gasteiger partial charge is 0.200 e. The minimum absolute atomic E-state index is 0.431. The molecule has 0 spiro atoms. The molecular weight excluding hydrogens is 366 g/mol. The molecule has 0 radical (unpaired) electrons. The standard InChI is InChI=1S/C24H18ClN3/c1-28(22-14-10-16-6-4-5-15-9-11-19(22)23(15)16)24(26)27-21-13-12-20(25)17-7-2-3-8-18(17)21/h2-14H,1H3,(H2,26,27). The zero-order chi connectivity index (χ0) is 19.3. The van der Waals surface area contributed by atoms with Crippen LogP contribution in [0.25, 0.3) is 33.7 Å². The monoisotopic (exact) mass is 383 g/mol. The minimum atomic E-state index is 0.431. The molecule has 2 N–H and O–H groups in total. The lowest BCUT2D eigenvalue weighted by Crippen LogP contribution is -2.34. The number of aliphatic imine (C=N–C) groups is 1. The van der Waals surface area contributed by atoms with Gasteiger partial charge in [0.05, 0.1) is 11.4 Å². The average Bonchev–Trinajstić information content (AvgIpc) is 3.16. The first kappa shape index (κ1) is 16.8. The molecule has 1 aliphatic carbocycles. The molecule has 28 heavy (non-hydrogen) atoms. The van der Waals surface area contributed by atoms with Gasteiger partial charge in [0.15, 0.2) is 0 Å². The van der Waals surface area contributed by atoms with Crippen LogP contribution in [0.15, 0.2) is 71.7 Å². The number of benzene rings is 4. The summed E-state index contributed by atoms with van der Waals surface area (Å²) in [6.07, 6.45) is 4.30. The summed E-state index contributed by atoms with van der Waals surface area (Å²) >= 11 is 6.33. The van der Waals surface area contributed by atoms with E-state index in [1.54, 1.807) is 0 Å². The third-order valence-electron chi connectivity index (χ3n) is 5.31. The summed E-state index contributed by atoms with van der Waals surface area (Å²) in [4.78, 5) is 6.65. The fraction of sp³-hybridized carbons (Fsp3) is 0.0417. The van der Waals surface area contributed by atoms with Gasteiger partial charge in [0.25, 0.3) is 0 Å². The number of nitrogens with zero attached hydrogens (tertiary/aromatic N) is 2. The number of halogens is 1. The second-order valence-electron chi connectivity index (χ2n) is 6.92. The highest BCUT2D eigenvalue weighted by molar-refractivity contribution is 6.36. The summed E-state index contributed by atoms with van der Waals surface area (Å²) in [5.41, 5.74) is 10.7. The number of anilines is 1. The van der Waals surface area contributed by atoms with Crippen molar-refractivity contribution in [2.24, 2.45) is 10.7 Å². The van der Waals surface area contributed by atoms with Crippen LogP contribution in [0.1, 0.15) is 11.1 Å². The topological polar surface area (TPSA) is 41.6 Å². The van der Waals surface area contributed by atoms with E-state index in [4.69, 9.17) is 22.3 Å². The Morgan fingerprint density at radius 3 is 2.57 bits per heavy atom. The number of hydrogen-bond donors (Lipinski definition) is 1. The first-order valence-corrected chi connectivity index (χ1v) is 9.50. The lowest BCUT2D eigenvalue weighted by molar-refractivity contribution is 1.22. The molecule has 0 amide bonds. The highest BCUT2D eigenvalue weighted by Crippen LogP contribution is 2.37. The van der Waals surface area contributed by atoms with Gasteiger partial charge in [0.2, 0.25) is 5.96 Å². The second kappa shape index (κ2) is 6.39. The van der Waals surface area contributed by atoms with E-state index in [0.29, 0.717) is 11.0 Å². The number of hydrogen-bond acceptors (Lipinski definition) is 1. The highest BCUT2D eigenvalue weighted by Gasteiger charge is 2.17. The molecule has 0 saturated heterocycles. The Hall–Kier alpha value is -3.30. The molecule has 5 rings (SSSR count). The molecule has 1 aliphatic rings. The van der Waals surface area contributed by atoms with Crippen LogP contribution in [-0.2, 0) is 0 Å². The summed E-state index contributed by atoms with van der Waals surface area (Å²) in [7, 11) is 1.95. The molecule has 0 aliphatic heterocycles. The first-order chi connectivity index (χ1) is 13.6. The van der Waals surface area contributed by atoms with Gasteiger partial charge in [-0.15, -0.1) is 0 Å². The molecule has 0 atom stereocenters. The Morgan fingerprint density at radius 1 is 0.893 bits per heavy atom. The van der Waals surface area contributed by atoms with Crippen LogP contribution in [0.3, 0.4) is 0 Å². The Balaban J connectivity index is 1.61. The van der Waals surface area contributed by atoms with E-state index in [1.807, 2.05) is 48.3 Å². The maximum atomic E-state index is 6.41. The van der Waals surface area contributed by atoms with Crippen LogP contribution < -0.4 is 10.6 Å². The van der Waals surface area contributed by atoms with Gasteiger partial charge in [0, 0.05) is 28.4 Å². The van der Waals surface area contributed by atoms with Gasteiger partial charge in [-0.1, -0.05) is 72.3 Å². The van der Waals surface area contributed by atoms with Crippen LogP contribution in [0.2, 0.25) is 5.02 Å². The zero-order valence-electron chi connectivity index (χ0n) is 15.4. The van der Waals surface area contributed by atoms with Crippen LogP contribution >= 0.6 is 11.6 Å². The molecule has 0 heterocycles. The average molecular weight is 384 g/mol. The van der Waals surface area contributed by atoms with Crippen molar-refractivity contribution in [3.05, 3.63) is 82.9 Å². The van der Waals surface area contributed by atoms with Crippen molar-refractivity contribution in [2.75, 3.05) is 11.9 Å². The number of nitrogens with two attached hydrogens (primary N) is 1. The number of fused-ring (bicyclic) bond motifs is 1. The molecule has 0 unspecified atom stereocenters. The normalized spacial score (nSPS) is 12.9. The predicted molar refractivity (Wildman–Crippen MR) is 122 cm³/mol. The molecule has 4 aromatic carbocycles. The summed E-state index contributed by atoms with van der Waals surface area (Å²) in [6, 6.07) is 22.3. The van der Waals surface area contributed by atoms with E-state index in [9.17, 15) is 0 Å². The minimum Gasteiger partial charge on any atom is -0.369 e. The lowest BCUT2D eigenvalue weighted by atomic mass is 10.0. The fourth-order valence-electron chi connectivity index (χ4n) is 3.86. The van der Waals surface area contributed by atoms with Gasteiger partial charge < -0.3 is 10.6 Å². The summed E-state index contributed by atoms with van der Waals surface area (Å²) in [5.74, 6) is 0.431. The molecule has 0 fully saturated rings. The zero-order valence-corrected chi connectivity index (χ0v) is 16.1. The van der Waals surface area contributed by atoms with E-state index in [0.717, 1.165) is 22.1 Å². The second-order valence-corrected chi connectivity index (χ2v) is 7.33. The number of guanidine groups is 1. The molecule has 0 aromatic heterocycles. The molecule has 136 valence electrons. The van der Waals surface area contributed by atoms with E-state index in [2.05, 4.69) is 42.5 Å². The molecule has 0 saturated carbocycles. The van der Waals surface area contributed by atoms with Crippen molar-refractivity contribution < 1.29 is 0 Å². The van der Waals surface area contributed by atoms with Gasteiger partial charge >= 0.3 is 0 Å². The lowest BCUT2D eigenvalue weighted by Gasteiger charge is -2.21. The van der Waals surface area contributed by atoms with Crippen LogP contribution in [0.4, 0.5) is 11.4 Å². The van der Waals surface area contributed by atoms with Gasteiger partial charge in [-0.3, -0.25) is 0 Å². The van der Waals surface area contributed by atoms with Gasteiger partial charge in [-0.2, -0.15) is 0 Å². The maximum Gasteiger partial charge on any atom is 0.200 e. The van der Waals surface area contributed by atoms with Crippen LogP contribution in [-0.4, -0.2) is 13.0 Å². The van der Waals surface area contributed by atoms with E-state index in [1.165, 1.54) is 21.9 Å². The summed E-state index contributed by atoms with van der Waals surface area (Å²) in [6.45, 7) is 0. The number of rotatable bonds is 2. The van der Waals surface area contributed by atoms with Gasteiger partial charge in [-0.05, 0) is 34.5 Å². The first-order valence-electron chi connectivity index (χ1n) is 9.12. The van der Waals surface area contributed by atoms with Crippen molar-refractivity contribution >= 4 is 62.6 Å². The van der Waals surface area contributed by atoms with Crippen LogP contribution in [0.5, 0.6) is 0 Å². The van der Waals surface area contributed by atoms with Crippen molar-refractivity contribution in [1.29, 1.82) is 0 Å². The molecular formula is C24H18ClN3. The van der Waals surface area contributed by atoms with Gasteiger partial charge in [0.1, 0.15) is 0 Å². The van der Waals surface area contributed by atoms with E-state index < -0.39 is 0 Å². The van der Waals surface area contributed by atoms with Crippen molar-refractivity contribution in [3.63, 3.8) is 0 Å². The molecule has 4 heteroatoms. The van der Waals surface area contributed by atoms with E-state index in [-0.39, 0.29) is 0 Å². The third kappa shape index (κ3) is 2.55. The predicted octanol–water partition coefficient (Wildman–Crippen LogP) is 6.21.